The SMILES string of the molecule is CNC(=O)c1cc(-c2ccccc2)no1. The molecule has 15 heavy (non-hydrogen) atoms. The Labute approximate surface area is 86.9 Å². The third-order valence-corrected chi connectivity index (χ3v) is 2.03. The van der Waals surface area contributed by atoms with Crippen molar-refractivity contribution in [3.8, 4) is 11.3 Å². The monoisotopic (exact) mass is 202 g/mol. The van der Waals surface area contributed by atoms with Crippen LogP contribution in [0.25, 0.3) is 11.3 Å². The Morgan fingerprint density at radius 2 is 2.07 bits per heavy atom. The lowest BCUT2D eigenvalue weighted by Crippen LogP contribution is -2.16. The highest BCUT2D eigenvalue weighted by molar-refractivity contribution is 5.92. The van der Waals surface area contributed by atoms with Crippen LogP contribution in [0.15, 0.2) is 40.9 Å². The van der Waals surface area contributed by atoms with E-state index in [9.17, 15) is 4.79 Å². The third kappa shape index (κ3) is 1.88. The molecule has 1 aromatic heterocycles. The molecule has 1 amide bonds. The maximum atomic E-state index is 11.2. The van der Waals surface area contributed by atoms with E-state index in [-0.39, 0.29) is 11.7 Å². The van der Waals surface area contributed by atoms with E-state index in [1.807, 2.05) is 30.3 Å². The van der Waals surface area contributed by atoms with Gasteiger partial charge in [-0.1, -0.05) is 35.5 Å². The standard InChI is InChI=1S/C11H10N2O2/c1-12-11(14)10-7-9(13-15-10)8-5-3-2-4-6-8/h2-7H,1H3,(H,12,14). The summed E-state index contributed by atoms with van der Waals surface area (Å²) in [7, 11) is 1.55. The predicted octanol–water partition coefficient (Wildman–Crippen LogP) is 1.70. The Morgan fingerprint density at radius 1 is 1.33 bits per heavy atom. The van der Waals surface area contributed by atoms with Crippen LogP contribution in [0.3, 0.4) is 0 Å². The lowest BCUT2D eigenvalue weighted by atomic mass is 10.1. The zero-order valence-electron chi connectivity index (χ0n) is 8.23. The number of aromatic nitrogens is 1. The summed E-state index contributed by atoms with van der Waals surface area (Å²) in [5.41, 5.74) is 1.59. The van der Waals surface area contributed by atoms with Gasteiger partial charge in [0.15, 0.2) is 0 Å². The minimum Gasteiger partial charge on any atom is -0.352 e. The number of nitrogens with one attached hydrogen (secondary N) is 1. The topological polar surface area (TPSA) is 55.1 Å². The summed E-state index contributed by atoms with van der Waals surface area (Å²) in [6.07, 6.45) is 0. The first-order chi connectivity index (χ1) is 7.31. The van der Waals surface area contributed by atoms with Crippen molar-refractivity contribution in [3.63, 3.8) is 0 Å². The van der Waals surface area contributed by atoms with Gasteiger partial charge in [0, 0.05) is 18.7 Å². The molecule has 0 aliphatic carbocycles. The quantitative estimate of drug-likeness (QED) is 0.806. The van der Waals surface area contributed by atoms with Crippen molar-refractivity contribution < 1.29 is 9.32 Å². The van der Waals surface area contributed by atoms with Crippen LogP contribution in [0.5, 0.6) is 0 Å². The predicted molar refractivity (Wildman–Crippen MR) is 55.3 cm³/mol. The van der Waals surface area contributed by atoms with Crippen LogP contribution >= 0.6 is 0 Å². The van der Waals surface area contributed by atoms with E-state index in [1.165, 1.54) is 0 Å². The molecule has 1 aromatic carbocycles. The van der Waals surface area contributed by atoms with Crippen LogP contribution in [0.2, 0.25) is 0 Å². The molecule has 76 valence electrons. The molecule has 4 nitrogen and oxygen atoms in total. The fraction of sp³-hybridized carbons (Fsp3) is 0.0909. The number of amides is 1. The van der Waals surface area contributed by atoms with Crippen molar-refractivity contribution in [1.82, 2.24) is 10.5 Å². The molecule has 1 heterocycles. The third-order valence-electron chi connectivity index (χ3n) is 2.03. The fourth-order valence-electron chi connectivity index (χ4n) is 1.25. The van der Waals surface area contributed by atoms with Crippen LogP contribution < -0.4 is 5.32 Å². The van der Waals surface area contributed by atoms with E-state index in [0.29, 0.717) is 5.69 Å². The van der Waals surface area contributed by atoms with Gasteiger partial charge in [0.1, 0.15) is 5.69 Å². The summed E-state index contributed by atoms with van der Waals surface area (Å²) in [4.78, 5) is 11.2. The second-order valence-electron chi connectivity index (χ2n) is 3.02. The van der Waals surface area contributed by atoms with Gasteiger partial charge in [-0.25, -0.2) is 0 Å². The summed E-state index contributed by atoms with van der Waals surface area (Å²) in [6, 6.07) is 11.2. The molecule has 4 heteroatoms. The number of benzene rings is 1. The smallest absolute Gasteiger partial charge is 0.289 e. The number of rotatable bonds is 2. The Balaban J connectivity index is 2.32. The summed E-state index contributed by atoms with van der Waals surface area (Å²) in [6.45, 7) is 0. The normalized spacial score (nSPS) is 9.93. The summed E-state index contributed by atoms with van der Waals surface area (Å²) in [5, 5.41) is 6.29. The molecule has 1 N–H and O–H groups in total. The number of hydrogen-bond donors (Lipinski definition) is 1. The van der Waals surface area contributed by atoms with Crippen molar-refractivity contribution in [2.45, 2.75) is 0 Å². The van der Waals surface area contributed by atoms with Gasteiger partial charge in [0.2, 0.25) is 5.76 Å². The summed E-state index contributed by atoms with van der Waals surface area (Å²) >= 11 is 0. The second kappa shape index (κ2) is 3.96. The Morgan fingerprint density at radius 3 is 2.73 bits per heavy atom. The molecule has 0 bridgehead atoms. The number of carbonyl (C=O) groups is 1. The highest BCUT2D eigenvalue weighted by atomic mass is 16.5. The number of hydrogen-bond acceptors (Lipinski definition) is 3. The summed E-state index contributed by atoms with van der Waals surface area (Å²) in [5.74, 6) is -0.0546. The first-order valence-corrected chi connectivity index (χ1v) is 4.55. The van der Waals surface area contributed by atoms with Crippen LogP contribution in [0, 0.1) is 0 Å². The lowest BCUT2D eigenvalue weighted by molar-refractivity contribution is 0.0926. The first kappa shape index (κ1) is 9.45. The van der Waals surface area contributed by atoms with Crippen LogP contribution in [-0.4, -0.2) is 18.1 Å². The number of carbonyl (C=O) groups excluding carboxylic acids is 1. The molecule has 0 saturated carbocycles. The summed E-state index contributed by atoms with van der Waals surface area (Å²) < 4.78 is 4.91. The molecule has 0 radical (unpaired) electrons. The Kier molecular flexibility index (Phi) is 2.49. The minimum atomic E-state index is -0.273. The Hall–Kier alpha value is -2.10. The molecule has 2 aromatic rings. The van der Waals surface area contributed by atoms with Gasteiger partial charge < -0.3 is 9.84 Å². The Bertz CT molecular complexity index is 462. The molecule has 0 spiro atoms. The van der Waals surface area contributed by atoms with E-state index in [0.717, 1.165) is 5.56 Å². The number of nitrogens with zero attached hydrogens (tertiary/aromatic N) is 1. The van der Waals surface area contributed by atoms with Crippen molar-refractivity contribution >= 4 is 5.91 Å². The molecule has 0 atom stereocenters. The minimum absolute atomic E-state index is 0.219. The van der Waals surface area contributed by atoms with E-state index in [2.05, 4.69) is 10.5 Å². The highest BCUT2D eigenvalue weighted by Crippen LogP contribution is 2.18. The van der Waals surface area contributed by atoms with Crippen molar-refractivity contribution in [2.24, 2.45) is 0 Å². The van der Waals surface area contributed by atoms with Crippen LogP contribution in [-0.2, 0) is 0 Å². The average Bonchev–Trinajstić information content (AvgIpc) is 2.78. The van der Waals surface area contributed by atoms with Crippen LogP contribution in [0.4, 0.5) is 0 Å². The van der Waals surface area contributed by atoms with Crippen LogP contribution in [0.1, 0.15) is 10.6 Å². The molecule has 0 fully saturated rings. The largest absolute Gasteiger partial charge is 0.352 e. The maximum Gasteiger partial charge on any atom is 0.289 e. The lowest BCUT2D eigenvalue weighted by Gasteiger charge is -1.91. The molecule has 0 aliphatic heterocycles. The van der Waals surface area contributed by atoms with E-state index < -0.39 is 0 Å². The van der Waals surface area contributed by atoms with Gasteiger partial charge in [-0.2, -0.15) is 0 Å². The molecule has 0 saturated heterocycles. The van der Waals surface area contributed by atoms with Crippen molar-refractivity contribution in [3.05, 3.63) is 42.2 Å². The second-order valence-corrected chi connectivity index (χ2v) is 3.02. The van der Waals surface area contributed by atoms with Gasteiger partial charge in [0.05, 0.1) is 0 Å². The first-order valence-electron chi connectivity index (χ1n) is 4.55. The molecular weight excluding hydrogens is 192 g/mol. The molecular formula is C11H10N2O2. The van der Waals surface area contributed by atoms with Crippen molar-refractivity contribution in [1.29, 1.82) is 0 Å². The highest BCUT2D eigenvalue weighted by Gasteiger charge is 2.11. The van der Waals surface area contributed by atoms with Gasteiger partial charge in [0.25, 0.3) is 5.91 Å². The van der Waals surface area contributed by atoms with Gasteiger partial charge in [-0.05, 0) is 0 Å². The zero-order chi connectivity index (χ0) is 10.7. The molecule has 0 unspecified atom stereocenters. The van der Waals surface area contributed by atoms with Gasteiger partial charge in [-0.3, -0.25) is 4.79 Å². The van der Waals surface area contributed by atoms with E-state index in [1.54, 1.807) is 13.1 Å². The van der Waals surface area contributed by atoms with Crippen molar-refractivity contribution in [2.75, 3.05) is 7.05 Å². The van der Waals surface area contributed by atoms with E-state index in [4.69, 9.17) is 4.52 Å². The molecule has 2 rings (SSSR count). The average molecular weight is 202 g/mol. The van der Waals surface area contributed by atoms with E-state index >= 15 is 0 Å². The van der Waals surface area contributed by atoms with Gasteiger partial charge in [-0.15, -0.1) is 0 Å². The fourth-order valence-corrected chi connectivity index (χ4v) is 1.25. The maximum absolute atomic E-state index is 11.2. The molecule has 0 aliphatic rings. The van der Waals surface area contributed by atoms with Gasteiger partial charge >= 0.3 is 0 Å². The zero-order valence-corrected chi connectivity index (χ0v) is 8.23.